The molecular weight excluding hydrogens is 240 g/mol. The first-order valence-electron chi connectivity index (χ1n) is 6.13. The molecule has 1 heterocycles. The van der Waals surface area contributed by atoms with Crippen LogP contribution in [-0.2, 0) is 4.79 Å². The molecule has 4 nitrogen and oxygen atoms in total. The first-order valence-corrected chi connectivity index (χ1v) is 6.13. The predicted octanol–water partition coefficient (Wildman–Crippen LogP) is 2.01. The van der Waals surface area contributed by atoms with Gasteiger partial charge in [0.05, 0.1) is 5.69 Å². The standard InChI is InChI=1S/C15H14N2O2/c16-12-9-19-13-8-4-7-11(14(13)17-15(12)18)10-5-2-1-3-6-10/h1-8,12H,9,16H2,(H,17,18)/t12-/m0/s1. The van der Waals surface area contributed by atoms with Crippen molar-refractivity contribution in [1.82, 2.24) is 0 Å². The number of fused-ring (bicyclic) bond motifs is 1. The normalized spacial score (nSPS) is 17.9. The molecule has 3 rings (SSSR count). The molecule has 0 saturated carbocycles. The molecule has 1 atom stereocenters. The number of hydrogen-bond acceptors (Lipinski definition) is 3. The Kier molecular flexibility index (Phi) is 2.93. The molecule has 96 valence electrons. The summed E-state index contributed by atoms with van der Waals surface area (Å²) in [6.45, 7) is 0.192. The quantitative estimate of drug-likeness (QED) is 0.818. The zero-order chi connectivity index (χ0) is 13.2. The summed E-state index contributed by atoms with van der Waals surface area (Å²) in [5.41, 5.74) is 8.35. The zero-order valence-corrected chi connectivity index (χ0v) is 10.3. The maximum absolute atomic E-state index is 11.8. The van der Waals surface area contributed by atoms with Crippen LogP contribution in [0.2, 0.25) is 0 Å². The number of anilines is 1. The van der Waals surface area contributed by atoms with Crippen LogP contribution in [0.4, 0.5) is 5.69 Å². The topological polar surface area (TPSA) is 64.3 Å². The molecule has 1 aliphatic rings. The highest BCUT2D eigenvalue weighted by Gasteiger charge is 2.23. The summed E-state index contributed by atoms with van der Waals surface area (Å²) in [5.74, 6) is 0.435. The molecule has 1 amide bonds. The van der Waals surface area contributed by atoms with E-state index in [-0.39, 0.29) is 12.5 Å². The number of rotatable bonds is 1. The molecule has 2 aromatic carbocycles. The summed E-state index contributed by atoms with van der Waals surface area (Å²) >= 11 is 0. The van der Waals surface area contributed by atoms with Crippen LogP contribution >= 0.6 is 0 Å². The van der Waals surface area contributed by atoms with Crippen molar-refractivity contribution in [3.8, 4) is 16.9 Å². The highest BCUT2D eigenvalue weighted by Crippen LogP contribution is 2.36. The van der Waals surface area contributed by atoms with Crippen LogP contribution < -0.4 is 15.8 Å². The molecule has 0 unspecified atom stereocenters. The molecule has 19 heavy (non-hydrogen) atoms. The van der Waals surface area contributed by atoms with Crippen molar-refractivity contribution < 1.29 is 9.53 Å². The van der Waals surface area contributed by atoms with Gasteiger partial charge in [0, 0.05) is 5.56 Å². The van der Waals surface area contributed by atoms with Crippen molar-refractivity contribution in [3.05, 3.63) is 48.5 Å². The summed E-state index contributed by atoms with van der Waals surface area (Å²) in [7, 11) is 0. The van der Waals surface area contributed by atoms with Crippen LogP contribution in [0.25, 0.3) is 11.1 Å². The van der Waals surface area contributed by atoms with E-state index in [0.717, 1.165) is 11.1 Å². The Balaban J connectivity index is 2.12. The highest BCUT2D eigenvalue weighted by molar-refractivity contribution is 6.01. The second-order valence-corrected chi connectivity index (χ2v) is 4.45. The number of hydrogen-bond donors (Lipinski definition) is 2. The Morgan fingerprint density at radius 1 is 1.11 bits per heavy atom. The van der Waals surface area contributed by atoms with Crippen LogP contribution in [0.1, 0.15) is 0 Å². The van der Waals surface area contributed by atoms with Gasteiger partial charge >= 0.3 is 0 Å². The molecule has 3 N–H and O–H groups in total. The third-order valence-corrected chi connectivity index (χ3v) is 3.11. The van der Waals surface area contributed by atoms with E-state index in [1.54, 1.807) is 0 Å². The van der Waals surface area contributed by atoms with Crippen LogP contribution in [0, 0.1) is 0 Å². The van der Waals surface area contributed by atoms with E-state index in [1.165, 1.54) is 0 Å². The van der Waals surface area contributed by atoms with Gasteiger partial charge in [0.25, 0.3) is 0 Å². The number of ether oxygens (including phenoxy) is 1. The van der Waals surface area contributed by atoms with Crippen molar-refractivity contribution in [1.29, 1.82) is 0 Å². The number of para-hydroxylation sites is 1. The van der Waals surface area contributed by atoms with Gasteiger partial charge in [-0.15, -0.1) is 0 Å². The fourth-order valence-corrected chi connectivity index (χ4v) is 2.11. The average Bonchev–Trinajstić information content (AvgIpc) is 2.60. The monoisotopic (exact) mass is 254 g/mol. The van der Waals surface area contributed by atoms with Gasteiger partial charge in [0.2, 0.25) is 5.91 Å². The van der Waals surface area contributed by atoms with E-state index >= 15 is 0 Å². The molecular formula is C15H14N2O2. The van der Waals surface area contributed by atoms with E-state index in [1.807, 2.05) is 48.5 Å². The molecule has 0 radical (unpaired) electrons. The van der Waals surface area contributed by atoms with Gasteiger partial charge in [-0.3, -0.25) is 4.79 Å². The first kappa shape index (κ1) is 11.7. The molecule has 0 bridgehead atoms. The van der Waals surface area contributed by atoms with Gasteiger partial charge < -0.3 is 15.8 Å². The summed E-state index contributed by atoms with van der Waals surface area (Å²) in [5, 5.41) is 2.85. The summed E-state index contributed by atoms with van der Waals surface area (Å²) < 4.78 is 5.58. The Labute approximate surface area is 111 Å². The van der Waals surface area contributed by atoms with Crippen molar-refractivity contribution >= 4 is 11.6 Å². The minimum atomic E-state index is -0.643. The van der Waals surface area contributed by atoms with Crippen LogP contribution in [-0.4, -0.2) is 18.6 Å². The van der Waals surface area contributed by atoms with Gasteiger partial charge in [-0.1, -0.05) is 42.5 Å². The minimum Gasteiger partial charge on any atom is -0.489 e. The van der Waals surface area contributed by atoms with Crippen LogP contribution in [0.3, 0.4) is 0 Å². The predicted molar refractivity (Wildman–Crippen MR) is 74.0 cm³/mol. The lowest BCUT2D eigenvalue weighted by atomic mass is 10.0. The van der Waals surface area contributed by atoms with E-state index in [9.17, 15) is 4.79 Å². The Bertz CT molecular complexity index is 611. The largest absolute Gasteiger partial charge is 0.489 e. The summed E-state index contributed by atoms with van der Waals surface area (Å²) in [6, 6.07) is 14.9. The van der Waals surface area contributed by atoms with Crippen molar-refractivity contribution in [3.63, 3.8) is 0 Å². The lowest BCUT2D eigenvalue weighted by Gasteiger charge is -2.12. The summed E-state index contributed by atoms with van der Waals surface area (Å²) in [6.07, 6.45) is 0. The molecule has 0 fully saturated rings. The average molecular weight is 254 g/mol. The molecule has 0 aliphatic carbocycles. The molecule has 2 aromatic rings. The zero-order valence-electron chi connectivity index (χ0n) is 10.3. The molecule has 0 saturated heterocycles. The SMILES string of the molecule is N[C@H]1COc2cccc(-c3ccccc3)c2NC1=O. The van der Waals surface area contributed by atoms with Gasteiger partial charge in [-0.05, 0) is 11.6 Å². The molecule has 0 spiro atoms. The fourth-order valence-electron chi connectivity index (χ4n) is 2.11. The van der Waals surface area contributed by atoms with Crippen LogP contribution in [0.15, 0.2) is 48.5 Å². The third-order valence-electron chi connectivity index (χ3n) is 3.11. The van der Waals surface area contributed by atoms with Gasteiger partial charge in [-0.25, -0.2) is 0 Å². The number of nitrogens with two attached hydrogens (primary N) is 1. The molecule has 1 aliphatic heterocycles. The van der Waals surface area contributed by atoms with Crippen molar-refractivity contribution in [2.24, 2.45) is 5.73 Å². The van der Waals surface area contributed by atoms with E-state index in [0.29, 0.717) is 11.4 Å². The number of carbonyl (C=O) groups is 1. The van der Waals surface area contributed by atoms with E-state index in [4.69, 9.17) is 10.5 Å². The lowest BCUT2D eigenvalue weighted by molar-refractivity contribution is -0.117. The fraction of sp³-hybridized carbons (Fsp3) is 0.133. The molecule has 4 heteroatoms. The Morgan fingerprint density at radius 2 is 1.89 bits per heavy atom. The van der Waals surface area contributed by atoms with Gasteiger partial charge in [-0.2, -0.15) is 0 Å². The van der Waals surface area contributed by atoms with Gasteiger partial charge in [0.15, 0.2) is 0 Å². The lowest BCUT2D eigenvalue weighted by Crippen LogP contribution is -2.38. The number of carbonyl (C=O) groups excluding carboxylic acids is 1. The summed E-state index contributed by atoms with van der Waals surface area (Å²) in [4.78, 5) is 11.8. The second kappa shape index (κ2) is 4.74. The van der Waals surface area contributed by atoms with Crippen molar-refractivity contribution in [2.45, 2.75) is 6.04 Å². The minimum absolute atomic E-state index is 0.192. The smallest absolute Gasteiger partial charge is 0.244 e. The van der Waals surface area contributed by atoms with Crippen LogP contribution in [0.5, 0.6) is 5.75 Å². The second-order valence-electron chi connectivity index (χ2n) is 4.45. The highest BCUT2D eigenvalue weighted by atomic mass is 16.5. The molecule has 0 aromatic heterocycles. The van der Waals surface area contributed by atoms with E-state index in [2.05, 4.69) is 5.32 Å². The Morgan fingerprint density at radius 3 is 2.68 bits per heavy atom. The number of benzene rings is 2. The number of amides is 1. The number of nitrogens with one attached hydrogen (secondary N) is 1. The maximum Gasteiger partial charge on any atom is 0.244 e. The van der Waals surface area contributed by atoms with E-state index < -0.39 is 6.04 Å². The van der Waals surface area contributed by atoms with Crippen molar-refractivity contribution in [2.75, 3.05) is 11.9 Å². The van der Waals surface area contributed by atoms with Gasteiger partial charge in [0.1, 0.15) is 18.4 Å². The Hall–Kier alpha value is -2.33. The first-order chi connectivity index (χ1) is 9.25. The maximum atomic E-state index is 11.8. The third kappa shape index (κ3) is 2.18.